The quantitative estimate of drug-likeness (QED) is 0.642. The van der Waals surface area contributed by atoms with Crippen molar-refractivity contribution in [2.75, 3.05) is 19.5 Å². The summed E-state index contributed by atoms with van der Waals surface area (Å²) in [7, 11) is 3.05. The summed E-state index contributed by atoms with van der Waals surface area (Å²) in [6.45, 7) is 0. The van der Waals surface area contributed by atoms with Crippen LogP contribution in [0.5, 0.6) is 11.5 Å². The second-order valence-electron chi connectivity index (χ2n) is 6.15. The van der Waals surface area contributed by atoms with Crippen molar-refractivity contribution in [3.05, 3.63) is 77.9 Å². The minimum Gasteiger partial charge on any atom is -0.497 e. The van der Waals surface area contributed by atoms with Crippen LogP contribution in [0.15, 0.2) is 60.7 Å². The third kappa shape index (κ3) is 4.54. The summed E-state index contributed by atoms with van der Waals surface area (Å²) in [4.78, 5) is 24.1. The Bertz CT molecular complexity index is 1080. The van der Waals surface area contributed by atoms with E-state index >= 15 is 0 Å². The second kappa shape index (κ2) is 9.04. The third-order valence-electron chi connectivity index (χ3n) is 4.26. The average molecular weight is 412 g/mol. The minimum absolute atomic E-state index is 0.317. The van der Waals surface area contributed by atoms with Crippen LogP contribution >= 0.6 is 0 Å². The number of ether oxygens (including phenoxy) is 2. The van der Waals surface area contributed by atoms with Crippen LogP contribution in [0.2, 0.25) is 0 Å². The van der Waals surface area contributed by atoms with E-state index in [1.54, 1.807) is 25.3 Å². The number of rotatable bonds is 5. The van der Waals surface area contributed by atoms with Crippen molar-refractivity contribution < 1.29 is 27.8 Å². The largest absolute Gasteiger partial charge is 0.497 e. The van der Waals surface area contributed by atoms with Gasteiger partial charge in [-0.15, -0.1) is 0 Å². The van der Waals surface area contributed by atoms with Crippen molar-refractivity contribution >= 4 is 17.6 Å². The molecule has 8 heteroatoms. The number of halogens is 2. The van der Waals surface area contributed by atoms with E-state index in [9.17, 15) is 18.4 Å². The maximum Gasteiger partial charge on any atom is 0.326 e. The van der Waals surface area contributed by atoms with Crippen LogP contribution in [0.1, 0.15) is 10.4 Å². The van der Waals surface area contributed by atoms with Crippen molar-refractivity contribution in [3.8, 4) is 22.6 Å². The zero-order valence-corrected chi connectivity index (χ0v) is 16.2. The van der Waals surface area contributed by atoms with E-state index in [0.717, 1.165) is 29.3 Å². The molecule has 3 rings (SSSR count). The molecule has 0 bridgehead atoms. The monoisotopic (exact) mass is 412 g/mol. The predicted octanol–water partition coefficient (Wildman–Crippen LogP) is 4.61. The van der Waals surface area contributed by atoms with Crippen LogP contribution in [0, 0.1) is 11.6 Å². The van der Waals surface area contributed by atoms with Gasteiger partial charge in [0.25, 0.3) is 5.91 Å². The molecule has 0 atom stereocenters. The minimum atomic E-state index is -1.19. The van der Waals surface area contributed by atoms with E-state index in [2.05, 4.69) is 5.32 Å². The summed E-state index contributed by atoms with van der Waals surface area (Å²) >= 11 is 0. The zero-order chi connectivity index (χ0) is 21.7. The predicted molar refractivity (Wildman–Crippen MR) is 108 cm³/mol. The average Bonchev–Trinajstić information content (AvgIpc) is 2.73. The summed E-state index contributed by atoms with van der Waals surface area (Å²) in [5.41, 5.74) is 1.08. The van der Waals surface area contributed by atoms with Gasteiger partial charge in [-0.05, 0) is 42.0 Å². The highest BCUT2D eigenvalue weighted by molar-refractivity contribution is 6.08. The first-order valence-corrected chi connectivity index (χ1v) is 8.81. The van der Waals surface area contributed by atoms with Gasteiger partial charge in [0.15, 0.2) is 0 Å². The van der Waals surface area contributed by atoms with Crippen LogP contribution < -0.4 is 20.1 Å². The molecular formula is C22H18F2N2O4. The van der Waals surface area contributed by atoms with Gasteiger partial charge in [-0.3, -0.25) is 10.1 Å². The number of hydrogen-bond donors (Lipinski definition) is 2. The molecule has 3 amide bonds. The first-order chi connectivity index (χ1) is 14.4. The number of carbonyl (C=O) groups excluding carboxylic acids is 2. The van der Waals surface area contributed by atoms with Crippen LogP contribution in [0.3, 0.4) is 0 Å². The Morgan fingerprint density at radius 1 is 0.867 bits per heavy atom. The van der Waals surface area contributed by atoms with Gasteiger partial charge in [-0.1, -0.05) is 18.2 Å². The Kier molecular flexibility index (Phi) is 6.26. The van der Waals surface area contributed by atoms with Gasteiger partial charge in [0.1, 0.15) is 28.7 Å². The molecule has 0 aromatic heterocycles. The normalized spacial score (nSPS) is 10.3. The lowest BCUT2D eigenvalue weighted by Crippen LogP contribution is -2.35. The summed E-state index contributed by atoms with van der Waals surface area (Å²) in [6.07, 6.45) is 0. The highest BCUT2D eigenvalue weighted by atomic mass is 19.1. The van der Waals surface area contributed by atoms with E-state index in [0.29, 0.717) is 17.2 Å². The standard InChI is InChI=1S/C22H18F2N2O4/c1-29-15-6-3-5-13(11-15)16-10-9-14(12-19(16)30-2)25-22(28)26-21(27)20-17(23)7-4-8-18(20)24/h3-12H,1-2H3,(H2,25,26,27,28). The Morgan fingerprint density at radius 2 is 1.57 bits per heavy atom. The lowest BCUT2D eigenvalue weighted by molar-refractivity contribution is 0.0959. The third-order valence-corrected chi connectivity index (χ3v) is 4.26. The van der Waals surface area contributed by atoms with Crippen molar-refractivity contribution in [1.82, 2.24) is 5.32 Å². The Labute approximate surface area is 171 Å². The Morgan fingerprint density at radius 3 is 2.23 bits per heavy atom. The molecule has 0 fully saturated rings. The molecular weight excluding hydrogens is 394 g/mol. The first-order valence-electron chi connectivity index (χ1n) is 8.81. The number of carbonyl (C=O) groups is 2. The van der Waals surface area contributed by atoms with Gasteiger partial charge in [-0.25, -0.2) is 13.6 Å². The topological polar surface area (TPSA) is 76.7 Å². The van der Waals surface area contributed by atoms with Gasteiger partial charge in [0.05, 0.1) is 14.2 Å². The molecule has 0 radical (unpaired) electrons. The molecule has 2 N–H and O–H groups in total. The number of amides is 3. The lowest BCUT2D eigenvalue weighted by atomic mass is 10.0. The molecule has 0 unspecified atom stereocenters. The second-order valence-corrected chi connectivity index (χ2v) is 6.15. The van der Waals surface area contributed by atoms with Gasteiger partial charge < -0.3 is 14.8 Å². The smallest absolute Gasteiger partial charge is 0.326 e. The molecule has 6 nitrogen and oxygen atoms in total. The number of hydrogen-bond acceptors (Lipinski definition) is 4. The van der Waals surface area contributed by atoms with Crippen molar-refractivity contribution in [2.45, 2.75) is 0 Å². The number of methoxy groups -OCH3 is 2. The van der Waals surface area contributed by atoms with Crippen molar-refractivity contribution in [2.24, 2.45) is 0 Å². The molecule has 0 saturated carbocycles. The van der Waals surface area contributed by atoms with E-state index in [1.807, 2.05) is 29.6 Å². The van der Waals surface area contributed by atoms with Crippen LogP contribution in [0.25, 0.3) is 11.1 Å². The molecule has 0 heterocycles. The fourth-order valence-electron chi connectivity index (χ4n) is 2.84. The van der Waals surface area contributed by atoms with E-state index in [1.165, 1.54) is 7.11 Å². The number of urea groups is 1. The van der Waals surface area contributed by atoms with Crippen LogP contribution in [-0.4, -0.2) is 26.2 Å². The van der Waals surface area contributed by atoms with E-state index in [4.69, 9.17) is 9.47 Å². The number of imide groups is 1. The summed E-state index contributed by atoms with van der Waals surface area (Å²) in [5, 5.41) is 4.34. The maximum absolute atomic E-state index is 13.7. The Hall–Kier alpha value is -3.94. The number of nitrogens with one attached hydrogen (secondary N) is 2. The van der Waals surface area contributed by atoms with Gasteiger partial charge in [-0.2, -0.15) is 0 Å². The summed E-state index contributed by atoms with van der Waals surface area (Å²) in [5.74, 6) is -2.18. The molecule has 30 heavy (non-hydrogen) atoms. The summed E-state index contributed by atoms with van der Waals surface area (Å²) < 4.78 is 38.0. The molecule has 0 aliphatic rings. The SMILES string of the molecule is COc1cccc(-c2ccc(NC(=O)NC(=O)c3c(F)cccc3F)cc2OC)c1. The van der Waals surface area contributed by atoms with Gasteiger partial charge >= 0.3 is 6.03 Å². The zero-order valence-electron chi connectivity index (χ0n) is 16.2. The molecule has 154 valence electrons. The molecule has 0 spiro atoms. The lowest BCUT2D eigenvalue weighted by Gasteiger charge is -2.13. The summed E-state index contributed by atoms with van der Waals surface area (Å²) in [6, 6.07) is 14.3. The van der Waals surface area contributed by atoms with Crippen LogP contribution in [0.4, 0.5) is 19.3 Å². The first kappa shape index (κ1) is 20.8. The number of benzene rings is 3. The molecule has 0 aliphatic carbocycles. The molecule has 0 saturated heterocycles. The highest BCUT2D eigenvalue weighted by Gasteiger charge is 2.19. The van der Waals surface area contributed by atoms with Crippen molar-refractivity contribution in [3.63, 3.8) is 0 Å². The Balaban J connectivity index is 1.77. The fraction of sp³-hybridized carbons (Fsp3) is 0.0909. The molecule has 3 aromatic rings. The van der Waals surface area contributed by atoms with Crippen LogP contribution in [-0.2, 0) is 0 Å². The van der Waals surface area contributed by atoms with Gasteiger partial charge in [0, 0.05) is 17.3 Å². The highest BCUT2D eigenvalue weighted by Crippen LogP contribution is 2.34. The number of anilines is 1. The molecule has 0 aliphatic heterocycles. The molecule has 3 aromatic carbocycles. The van der Waals surface area contributed by atoms with E-state index in [-0.39, 0.29) is 0 Å². The van der Waals surface area contributed by atoms with Gasteiger partial charge in [0.2, 0.25) is 0 Å². The maximum atomic E-state index is 13.7. The van der Waals surface area contributed by atoms with Crippen molar-refractivity contribution in [1.29, 1.82) is 0 Å². The van der Waals surface area contributed by atoms with E-state index < -0.39 is 29.1 Å². The fourth-order valence-corrected chi connectivity index (χ4v) is 2.84.